The number of nitrogens with zero attached hydrogens (tertiary/aromatic N) is 3. The molecule has 0 N–H and O–H groups in total. The highest BCUT2D eigenvalue weighted by Gasteiger charge is 2.41. The minimum atomic E-state index is -0.432. The second-order valence-corrected chi connectivity index (χ2v) is 9.86. The topological polar surface area (TPSA) is 67.9 Å². The van der Waals surface area contributed by atoms with Crippen LogP contribution in [0, 0.1) is 0 Å². The summed E-state index contributed by atoms with van der Waals surface area (Å²) in [5.41, 5.74) is 3.21. The van der Waals surface area contributed by atoms with Gasteiger partial charge in [0, 0.05) is 17.8 Å². The van der Waals surface area contributed by atoms with Crippen LogP contribution in [0.1, 0.15) is 60.5 Å². The third-order valence-electron chi connectivity index (χ3n) is 7.22. The van der Waals surface area contributed by atoms with E-state index in [0.717, 1.165) is 48.5 Å². The number of hydrogen-bond donors (Lipinski definition) is 0. The van der Waals surface area contributed by atoms with E-state index in [4.69, 9.17) is 9.15 Å². The molecule has 6 rings (SSSR count). The lowest BCUT2D eigenvalue weighted by Gasteiger charge is -2.38. The number of anilines is 1. The van der Waals surface area contributed by atoms with E-state index in [2.05, 4.69) is 11.5 Å². The van der Waals surface area contributed by atoms with Crippen LogP contribution in [0.3, 0.4) is 0 Å². The Hall–Kier alpha value is -4.26. The lowest BCUT2D eigenvalue weighted by atomic mass is 10.0. The van der Waals surface area contributed by atoms with Gasteiger partial charge in [0.2, 0.25) is 5.91 Å². The SMILES string of the molecule is CCCCOc1ccc(C(=O)N(CC(=O)N2c3ccccc3-n3cccc3C2c2ccco2)C2CC2)cc1. The maximum atomic E-state index is 14.1. The van der Waals surface area contributed by atoms with E-state index < -0.39 is 6.04 Å². The maximum absolute atomic E-state index is 14.1. The van der Waals surface area contributed by atoms with Gasteiger partial charge >= 0.3 is 0 Å². The molecular formula is C31H31N3O4. The largest absolute Gasteiger partial charge is 0.494 e. The van der Waals surface area contributed by atoms with E-state index in [9.17, 15) is 9.59 Å². The van der Waals surface area contributed by atoms with Crippen molar-refractivity contribution in [1.82, 2.24) is 9.47 Å². The number of rotatable bonds is 9. The molecule has 0 radical (unpaired) electrons. The van der Waals surface area contributed by atoms with Crippen LogP contribution in [-0.4, -0.2) is 40.5 Å². The lowest BCUT2D eigenvalue weighted by Crippen LogP contribution is -2.47. The second-order valence-electron chi connectivity index (χ2n) is 9.86. The third kappa shape index (κ3) is 4.49. The van der Waals surface area contributed by atoms with Gasteiger partial charge in [-0.05, 0) is 79.9 Å². The number of ether oxygens (including phenoxy) is 1. The Kier molecular flexibility index (Phi) is 6.50. The molecule has 0 saturated heterocycles. The molecule has 1 saturated carbocycles. The Labute approximate surface area is 222 Å². The second kappa shape index (κ2) is 10.2. The summed E-state index contributed by atoms with van der Waals surface area (Å²) in [6.45, 7) is 2.77. The molecule has 1 aliphatic carbocycles. The first-order valence-corrected chi connectivity index (χ1v) is 13.3. The van der Waals surface area contributed by atoms with Crippen molar-refractivity contribution in [2.24, 2.45) is 0 Å². The maximum Gasteiger partial charge on any atom is 0.254 e. The highest BCUT2D eigenvalue weighted by atomic mass is 16.5. The van der Waals surface area contributed by atoms with Crippen molar-refractivity contribution in [1.29, 1.82) is 0 Å². The first-order chi connectivity index (χ1) is 18.7. The van der Waals surface area contributed by atoms with Gasteiger partial charge in [-0.15, -0.1) is 0 Å². The number of amides is 2. The molecule has 38 heavy (non-hydrogen) atoms. The van der Waals surface area contributed by atoms with Gasteiger partial charge in [0.15, 0.2) is 0 Å². The Morgan fingerprint density at radius 1 is 0.974 bits per heavy atom. The number of furan rings is 1. The van der Waals surface area contributed by atoms with Crippen LogP contribution in [0.5, 0.6) is 5.75 Å². The number of carbonyl (C=O) groups excluding carboxylic acids is 2. The van der Waals surface area contributed by atoms with Crippen LogP contribution in [-0.2, 0) is 4.79 Å². The predicted octanol–water partition coefficient (Wildman–Crippen LogP) is 5.99. The quantitative estimate of drug-likeness (QED) is 0.260. The first kappa shape index (κ1) is 24.1. The fourth-order valence-electron chi connectivity index (χ4n) is 5.15. The van der Waals surface area contributed by atoms with Crippen molar-refractivity contribution in [3.8, 4) is 11.4 Å². The summed E-state index contributed by atoms with van der Waals surface area (Å²) in [5, 5.41) is 0. The zero-order valence-electron chi connectivity index (χ0n) is 21.5. The van der Waals surface area contributed by atoms with Crippen LogP contribution in [0.2, 0.25) is 0 Å². The number of carbonyl (C=O) groups is 2. The standard InChI is InChI=1S/C31H31N3O4/c1-2-3-19-37-24-16-12-22(13-17-24)31(36)33(23-14-15-23)21-29(35)34-26-9-5-4-8-25(26)32-18-6-10-27(32)30(34)28-11-7-20-38-28/h4-13,16-18,20,23,30H,2-3,14-15,19,21H2,1H3. The zero-order valence-corrected chi connectivity index (χ0v) is 21.5. The van der Waals surface area contributed by atoms with Crippen molar-refractivity contribution in [3.05, 3.63) is 102 Å². The summed E-state index contributed by atoms with van der Waals surface area (Å²) in [7, 11) is 0. The molecule has 3 heterocycles. The van der Waals surface area contributed by atoms with Crippen LogP contribution < -0.4 is 9.64 Å². The van der Waals surface area contributed by atoms with Crippen LogP contribution in [0.4, 0.5) is 5.69 Å². The molecule has 2 aromatic carbocycles. The zero-order chi connectivity index (χ0) is 26.1. The first-order valence-electron chi connectivity index (χ1n) is 13.3. The van der Waals surface area contributed by atoms with Crippen molar-refractivity contribution < 1.29 is 18.7 Å². The number of fused-ring (bicyclic) bond motifs is 3. The minimum absolute atomic E-state index is 0.00942. The Balaban J connectivity index is 1.29. The van der Waals surface area contributed by atoms with E-state index in [0.29, 0.717) is 17.9 Å². The lowest BCUT2D eigenvalue weighted by molar-refractivity contribution is -0.120. The summed E-state index contributed by atoms with van der Waals surface area (Å²) in [6, 6.07) is 22.4. The number of benzene rings is 2. The van der Waals surface area contributed by atoms with Gasteiger partial charge in [0.05, 0.1) is 29.9 Å². The number of hydrogen-bond acceptors (Lipinski definition) is 4. The fraction of sp³-hybridized carbons (Fsp3) is 0.290. The summed E-state index contributed by atoms with van der Waals surface area (Å²) in [5.74, 6) is 1.14. The monoisotopic (exact) mass is 509 g/mol. The van der Waals surface area contributed by atoms with E-state index >= 15 is 0 Å². The van der Waals surface area contributed by atoms with Crippen molar-refractivity contribution in [3.63, 3.8) is 0 Å². The summed E-state index contributed by atoms with van der Waals surface area (Å²) < 4.78 is 13.7. The highest BCUT2D eigenvalue weighted by molar-refractivity contribution is 6.02. The van der Waals surface area contributed by atoms with Gasteiger partial charge in [-0.1, -0.05) is 25.5 Å². The molecule has 1 aliphatic heterocycles. The minimum Gasteiger partial charge on any atom is -0.494 e. The normalized spacial score (nSPS) is 16.0. The Morgan fingerprint density at radius 3 is 2.47 bits per heavy atom. The number of aromatic nitrogens is 1. The van der Waals surface area contributed by atoms with Gasteiger partial charge in [-0.25, -0.2) is 0 Å². The smallest absolute Gasteiger partial charge is 0.254 e. The van der Waals surface area contributed by atoms with Crippen molar-refractivity contribution >= 4 is 17.5 Å². The molecule has 2 amide bonds. The average molecular weight is 510 g/mol. The fourth-order valence-corrected chi connectivity index (χ4v) is 5.15. The summed E-state index contributed by atoms with van der Waals surface area (Å²) in [6.07, 6.45) is 7.48. The van der Waals surface area contributed by atoms with E-state index in [1.807, 2.05) is 66.9 Å². The Bertz CT molecular complexity index is 1420. The molecular weight excluding hydrogens is 478 g/mol. The molecule has 1 unspecified atom stereocenters. The van der Waals surface area contributed by atoms with Crippen LogP contribution in [0.25, 0.3) is 5.69 Å². The van der Waals surface area contributed by atoms with Crippen molar-refractivity contribution in [2.45, 2.75) is 44.7 Å². The molecule has 1 atom stereocenters. The van der Waals surface area contributed by atoms with Crippen LogP contribution in [0.15, 0.2) is 89.7 Å². The predicted molar refractivity (Wildman–Crippen MR) is 145 cm³/mol. The average Bonchev–Trinajstić information content (AvgIpc) is 3.41. The highest BCUT2D eigenvalue weighted by Crippen LogP contribution is 2.42. The molecule has 7 nitrogen and oxygen atoms in total. The molecule has 4 aromatic rings. The Morgan fingerprint density at radius 2 is 1.76 bits per heavy atom. The van der Waals surface area contributed by atoms with Crippen LogP contribution >= 0.6 is 0 Å². The molecule has 194 valence electrons. The summed E-state index contributed by atoms with van der Waals surface area (Å²) in [4.78, 5) is 31.3. The molecule has 7 heteroatoms. The molecule has 1 fully saturated rings. The van der Waals surface area contributed by atoms with E-state index in [1.165, 1.54) is 0 Å². The molecule has 0 spiro atoms. The number of unbranched alkanes of at least 4 members (excludes halogenated alkanes) is 1. The number of para-hydroxylation sites is 2. The molecule has 2 aliphatic rings. The molecule has 2 aromatic heterocycles. The van der Waals surface area contributed by atoms with Gasteiger partial charge in [0.1, 0.15) is 24.1 Å². The summed E-state index contributed by atoms with van der Waals surface area (Å²) >= 11 is 0. The van der Waals surface area contributed by atoms with Gasteiger partial charge in [0.25, 0.3) is 5.91 Å². The van der Waals surface area contributed by atoms with Gasteiger partial charge in [-0.3, -0.25) is 14.5 Å². The van der Waals surface area contributed by atoms with Crippen molar-refractivity contribution in [2.75, 3.05) is 18.1 Å². The van der Waals surface area contributed by atoms with Gasteiger partial charge < -0.3 is 18.6 Å². The van der Waals surface area contributed by atoms with E-state index in [1.54, 1.807) is 28.2 Å². The van der Waals surface area contributed by atoms with Gasteiger partial charge in [-0.2, -0.15) is 0 Å². The third-order valence-corrected chi connectivity index (χ3v) is 7.22. The molecule has 0 bridgehead atoms. The van der Waals surface area contributed by atoms with E-state index in [-0.39, 0.29) is 24.4 Å².